The van der Waals surface area contributed by atoms with Crippen LogP contribution in [-0.4, -0.2) is 21.5 Å². The second kappa shape index (κ2) is 11.2. The molecule has 0 unspecified atom stereocenters. The number of hydrogen-bond donors (Lipinski definition) is 1. The van der Waals surface area contributed by atoms with Gasteiger partial charge < -0.3 is 10.2 Å². The van der Waals surface area contributed by atoms with Crippen LogP contribution in [0, 0.1) is 0 Å². The van der Waals surface area contributed by atoms with E-state index in [1.165, 1.54) is 43.8 Å². The first-order chi connectivity index (χ1) is 8.24. The summed E-state index contributed by atoms with van der Waals surface area (Å²) < 4.78 is 6.37. The van der Waals surface area contributed by atoms with E-state index >= 15 is 0 Å². The molecule has 0 amide bonds. The second-order valence-electron chi connectivity index (χ2n) is 5.13. The lowest BCUT2D eigenvalue weighted by molar-refractivity contribution is 0.293. The van der Waals surface area contributed by atoms with Gasteiger partial charge in [-0.25, -0.2) is 0 Å². The van der Waals surface area contributed by atoms with Crippen LogP contribution in [0.5, 0.6) is 0 Å². The Kier molecular flexibility index (Phi) is 11.3. The van der Waals surface area contributed by atoms with Gasteiger partial charge in [-0.15, -0.1) is 0 Å². The minimum absolute atomic E-state index is 0.822. The molecule has 2 nitrogen and oxygen atoms in total. The van der Waals surface area contributed by atoms with E-state index in [1.54, 1.807) is 0 Å². The molecule has 0 heterocycles. The molecule has 0 rings (SSSR count). The predicted octanol–water partition coefficient (Wildman–Crippen LogP) is 4.31. The normalized spacial score (nSPS) is 12.0. The maximum absolute atomic E-state index is 6.37. The minimum atomic E-state index is -1.46. The first kappa shape index (κ1) is 17.1. The highest BCUT2D eigenvalue weighted by molar-refractivity contribution is 6.73. The van der Waals surface area contributed by atoms with Gasteiger partial charge in [0.1, 0.15) is 0 Å². The summed E-state index contributed by atoms with van der Waals surface area (Å²) in [5.41, 5.74) is 5.69. The average molecular weight is 260 g/mol. The van der Waals surface area contributed by atoms with Crippen LogP contribution in [0.4, 0.5) is 0 Å². The SMILES string of the molecule is CCCC[Si](CCCC)(CCCN)OCCC. The van der Waals surface area contributed by atoms with Gasteiger partial charge in [-0.2, -0.15) is 0 Å². The zero-order chi connectivity index (χ0) is 13.0. The van der Waals surface area contributed by atoms with Gasteiger partial charge in [-0.1, -0.05) is 46.5 Å². The smallest absolute Gasteiger partial charge is 0.192 e. The van der Waals surface area contributed by atoms with Crippen molar-refractivity contribution in [2.75, 3.05) is 13.2 Å². The van der Waals surface area contributed by atoms with Crippen molar-refractivity contribution in [3.8, 4) is 0 Å². The van der Waals surface area contributed by atoms with Gasteiger partial charge in [-0.05, 0) is 37.5 Å². The molecule has 0 bridgehead atoms. The highest BCUT2D eigenvalue weighted by Crippen LogP contribution is 2.28. The van der Waals surface area contributed by atoms with Gasteiger partial charge in [0.05, 0.1) is 0 Å². The summed E-state index contributed by atoms with van der Waals surface area (Å²) in [6.45, 7) is 8.55. The maximum atomic E-state index is 6.37. The second-order valence-corrected chi connectivity index (χ2v) is 9.29. The molecule has 0 saturated heterocycles. The van der Waals surface area contributed by atoms with Gasteiger partial charge in [0.2, 0.25) is 0 Å². The monoisotopic (exact) mass is 259 g/mol. The Balaban J connectivity index is 4.39. The third-order valence-corrected chi connectivity index (χ3v) is 8.03. The summed E-state index contributed by atoms with van der Waals surface area (Å²) in [7, 11) is -1.46. The van der Waals surface area contributed by atoms with Gasteiger partial charge >= 0.3 is 0 Å². The first-order valence-electron chi connectivity index (χ1n) is 7.58. The van der Waals surface area contributed by atoms with E-state index in [1.807, 2.05) is 0 Å². The molecule has 17 heavy (non-hydrogen) atoms. The molecule has 0 aliphatic rings. The zero-order valence-electron chi connectivity index (χ0n) is 12.3. The van der Waals surface area contributed by atoms with Crippen LogP contribution in [0.2, 0.25) is 18.1 Å². The summed E-state index contributed by atoms with van der Waals surface area (Å²) in [6.07, 6.45) is 7.56. The molecule has 0 radical (unpaired) electrons. The van der Waals surface area contributed by atoms with Crippen LogP contribution >= 0.6 is 0 Å². The third-order valence-electron chi connectivity index (χ3n) is 3.42. The highest BCUT2D eigenvalue weighted by atomic mass is 28.4. The van der Waals surface area contributed by atoms with E-state index in [0.29, 0.717) is 0 Å². The van der Waals surface area contributed by atoms with E-state index in [-0.39, 0.29) is 0 Å². The molecule has 0 spiro atoms. The minimum Gasteiger partial charge on any atom is -0.417 e. The largest absolute Gasteiger partial charge is 0.417 e. The van der Waals surface area contributed by atoms with Gasteiger partial charge in [0.25, 0.3) is 0 Å². The van der Waals surface area contributed by atoms with Crippen LogP contribution < -0.4 is 5.73 Å². The van der Waals surface area contributed by atoms with Crippen molar-refractivity contribution in [3.05, 3.63) is 0 Å². The standard InChI is InChI=1S/C14H33NOSi/c1-4-7-12-17(13-8-5-2,14-9-10-15)16-11-6-3/h4-15H2,1-3H3. The highest BCUT2D eigenvalue weighted by Gasteiger charge is 2.32. The quantitative estimate of drug-likeness (QED) is 0.530. The number of unbranched alkanes of at least 4 members (excludes halogenated alkanes) is 2. The van der Waals surface area contributed by atoms with E-state index < -0.39 is 8.32 Å². The molecule has 0 saturated carbocycles. The molecule has 0 aromatic rings. The fourth-order valence-corrected chi connectivity index (χ4v) is 7.00. The third kappa shape index (κ3) is 7.95. The Morgan fingerprint density at radius 2 is 1.35 bits per heavy atom. The molecular formula is C14H33NOSi. The van der Waals surface area contributed by atoms with Crippen molar-refractivity contribution in [2.24, 2.45) is 5.73 Å². The van der Waals surface area contributed by atoms with Crippen molar-refractivity contribution in [3.63, 3.8) is 0 Å². The van der Waals surface area contributed by atoms with Crippen molar-refractivity contribution in [2.45, 2.75) is 77.4 Å². The average Bonchev–Trinajstić information content (AvgIpc) is 2.37. The summed E-state index contributed by atoms with van der Waals surface area (Å²) in [5.74, 6) is 0. The Hall–Kier alpha value is 0.137. The van der Waals surface area contributed by atoms with Crippen molar-refractivity contribution < 1.29 is 4.43 Å². The van der Waals surface area contributed by atoms with E-state index in [9.17, 15) is 0 Å². The summed E-state index contributed by atoms with van der Waals surface area (Å²) in [6, 6.07) is 3.98. The van der Waals surface area contributed by atoms with Crippen LogP contribution in [-0.2, 0) is 4.43 Å². The molecule has 2 N–H and O–H groups in total. The van der Waals surface area contributed by atoms with Gasteiger partial charge in [-0.3, -0.25) is 0 Å². The Morgan fingerprint density at radius 1 is 0.824 bits per heavy atom. The van der Waals surface area contributed by atoms with Crippen LogP contribution in [0.15, 0.2) is 0 Å². The van der Waals surface area contributed by atoms with E-state index in [0.717, 1.165) is 26.0 Å². The molecule has 0 atom stereocenters. The lowest BCUT2D eigenvalue weighted by Crippen LogP contribution is -2.39. The topological polar surface area (TPSA) is 35.2 Å². The zero-order valence-corrected chi connectivity index (χ0v) is 13.3. The molecular weight excluding hydrogens is 226 g/mol. The van der Waals surface area contributed by atoms with Crippen LogP contribution in [0.3, 0.4) is 0 Å². The van der Waals surface area contributed by atoms with Crippen LogP contribution in [0.1, 0.15) is 59.3 Å². The van der Waals surface area contributed by atoms with Crippen LogP contribution in [0.25, 0.3) is 0 Å². The first-order valence-corrected chi connectivity index (χ1v) is 10.1. The summed E-state index contributed by atoms with van der Waals surface area (Å²) in [5, 5.41) is 0. The number of nitrogens with two attached hydrogens (primary N) is 1. The van der Waals surface area contributed by atoms with Gasteiger partial charge in [0, 0.05) is 6.61 Å². The Bertz CT molecular complexity index is 127. The molecule has 0 aromatic carbocycles. The number of hydrogen-bond acceptors (Lipinski definition) is 2. The molecule has 104 valence electrons. The molecule has 0 aromatic heterocycles. The van der Waals surface area contributed by atoms with Gasteiger partial charge in [0.15, 0.2) is 8.32 Å². The molecule has 0 aliphatic carbocycles. The summed E-state index contributed by atoms with van der Waals surface area (Å²) in [4.78, 5) is 0. The maximum Gasteiger partial charge on any atom is 0.192 e. The summed E-state index contributed by atoms with van der Waals surface area (Å²) >= 11 is 0. The van der Waals surface area contributed by atoms with Crippen molar-refractivity contribution >= 4 is 8.32 Å². The van der Waals surface area contributed by atoms with E-state index in [4.69, 9.17) is 10.2 Å². The number of rotatable bonds is 12. The van der Waals surface area contributed by atoms with E-state index in [2.05, 4.69) is 20.8 Å². The lowest BCUT2D eigenvalue weighted by Gasteiger charge is -2.31. The van der Waals surface area contributed by atoms with Crippen molar-refractivity contribution in [1.82, 2.24) is 0 Å². The fraction of sp³-hybridized carbons (Fsp3) is 1.00. The predicted molar refractivity (Wildman–Crippen MR) is 79.9 cm³/mol. The Morgan fingerprint density at radius 3 is 1.76 bits per heavy atom. The molecule has 0 aliphatic heterocycles. The lowest BCUT2D eigenvalue weighted by atomic mass is 10.4. The Labute approximate surface area is 109 Å². The molecule has 3 heteroatoms. The molecule has 0 fully saturated rings. The van der Waals surface area contributed by atoms with Crippen molar-refractivity contribution in [1.29, 1.82) is 0 Å². The fourth-order valence-electron chi connectivity index (χ4n) is 2.33.